The van der Waals surface area contributed by atoms with Crippen molar-refractivity contribution in [3.05, 3.63) is 109 Å². The van der Waals surface area contributed by atoms with E-state index in [0.717, 1.165) is 6.42 Å². The summed E-state index contributed by atoms with van der Waals surface area (Å²) in [5, 5.41) is 18.3. The minimum absolute atomic E-state index is 0.0964. The van der Waals surface area contributed by atoms with E-state index in [0.29, 0.717) is 0 Å². The molecule has 0 aliphatic carbocycles. The molecule has 2 nitrogen and oxygen atoms in total. The highest BCUT2D eigenvalue weighted by Gasteiger charge is 2.16. The fourth-order valence-electron chi connectivity index (χ4n) is 6.17. The van der Waals surface area contributed by atoms with Crippen LogP contribution in [0.2, 0.25) is 0 Å². The van der Waals surface area contributed by atoms with Crippen LogP contribution in [0.3, 0.4) is 0 Å². The molecule has 6 aromatic rings. The average Bonchev–Trinajstić information content (AvgIpc) is 3.00. The fraction of sp³-hybridized carbons (Fsp3) is 0.263. The van der Waals surface area contributed by atoms with Gasteiger partial charge in [-0.25, -0.2) is 0 Å². The van der Waals surface area contributed by atoms with Gasteiger partial charge in [0, 0.05) is 21.5 Å². The van der Waals surface area contributed by atoms with Gasteiger partial charge in [0.05, 0.1) is 17.5 Å². The molecule has 2 N–H and O–H groups in total. The third kappa shape index (κ3) is 5.63. The summed E-state index contributed by atoms with van der Waals surface area (Å²) in [6.07, 6.45) is 10.3. The maximum Gasteiger partial charge on any atom is 0.0964 e. The van der Waals surface area contributed by atoms with Gasteiger partial charge in [-0.15, -0.1) is 0 Å². The number of anilines is 2. The SMILES string of the molecule is CCCCCCCCCC(Nc1c2ccccc2cc2ccccc12)Nc1c2ccccc2cc2ccccc12. The van der Waals surface area contributed by atoms with Crippen LogP contribution in [-0.4, -0.2) is 6.17 Å². The fourth-order valence-corrected chi connectivity index (χ4v) is 6.17. The molecule has 0 aliphatic heterocycles. The van der Waals surface area contributed by atoms with E-state index in [1.165, 1.54) is 99.4 Å². The minimum Gasteiger partial charge on any atom is -0.364 e. The number of nitrogens with one attached hydrogen (secondary N) is 2. The Labute approximate surface area is 238 Å². The lowest BCUT2D eigenvalue weighted by atomic mass is 9.99. The Hall–Kier alpha value is -4.04. The molecule has 0 atom stereocenters. The van der Waals surface area contributed by atoms with E-state index in [1.54, 1.807) is 0 Å². The molecule has 0 spiro atoms. The summed E-state index contributed by atoms with van der Waals surface area (Å²) in [5.41, 5.74) is 2.44. The van der Waals surface area contributed by atoms with E-state index in [2.05, 4.69) is 127 Å². The third-order valence-corrected chi connectivity index (χ3v) is 8.28. The molecule has 0 saturated heterocycles. The molecular weight excluding hydrogens is 484 g/mol. The molecule has 40 heavy (non-hydrogen) atoms. The quantitative estimate of drug-likeness (QED) is 0.0945. The van der Waals surface area contributed by atoms with Gasteiger partial charge < -0.3 is 10.6 Å². The van der Waals surface area contributed by atoms with Gasteiger partial charge in [0.25, 0.3) is 0 Å². The summed E-state index contributed by atoms with van der Waals surface area (Å²) in [6, 6.07) is 39.7. The Morgan fingerprint density at radius 1 is 0.450 bits per heavy atom. The second-order valence-corrected chi connectivity index (χ2v) is 11.1. The number of unbranched alkanes of at least 4 members (excludes halogenated alkanes) is 6. The highest BCUT2D eigenvalue weighted by Crippen LogP contribution is 2.36. The van der Waals surface area contributed by atoms with Gasteiger partial charge >= 0.3 is 0 Å². The van der Waals surface area contributed by atoms with E-state index < -0.39 is 0 Å². The lowest BCUT2D eigenvalue weighted by Crippen LogP contribution is -2.29. The second-order valence-electron chi connectivity index (χ2n) is 11.1. The van der Waals surface area contributed by atoms with Crippen molar-refractivity contribution in [1.29, 1.82) is 0 Å². The molecule has 0 unspecified atom stereocenters. The molecule has 202 valence electrons. The molecule has 0 aliphatic rings. The normalized spacial score (nSPS) is 11.7. The van der Waals surface area contributed by atoms with Gasteiger partial charge in [-0.05, 0) is 46.5 Å². The predicted octanol–water partition coefficient (Wildman–Crippen LogP) is 11.3. The van der Waals surface area contributed by atoms with Crippen LogP contribution in [-0.2, 0) is 0 Å². The van der Waals surface area contributed by atoms with Crippen LogP contribution in [0.25, 0.3) is 43.1 Å². The summed E-state index contributed by atoms with van der Waals surface area (Å²) in [6.45, 7) is 2.29. The van der Waals surface area contributed by atoms with Crippen molar-refractivity contribution in [2.75, 3.05) is 10.6 Å². The van der Waals surface area contributed by atoms with Crippen LogP contribution in [0, 0.1) is 0 Å². The highest BCUT2D eigenvalue weighted by molar-refractivity contribution is 6.12. The van der Waals surface area contributed by atoms with Crippen molar-refractivity contribution >= 4 is 54.5 Å². The molecule has 0 aromatic heterocycles. The van der Waals surface area contributed by atoms with Gasteiger partial charge in [-0.3, -0.25) is 0 Å². The molecule has 0 fully saturated rings. The summed E-state index contributed by atoms with van der Waals surface area (Å²) in [5.74, 6) is 0. The highest BCUT2D eigenvalue weighted by atomic mass is 15.1. The third-order valence-electron chi connectivity index (χ3n) is 8.28. The topological polar surface area (TPSA) is 24.1 Å². The molecule has 6 aromatic carbocycles. The van der Waals surface area contributed by atoms with E-state index in [1.807, 2.05) is 0 Å². The van der Waals surface area contributed by atoms with Crippen LogP contribution in [0.5, 0.6) is 0 Å². The van der Waals surface area contributed by atoms with Crippen LogP contribution in [0.15, 0.2) is 109 Å². The van der Waals surface area contributed by atoms with Crippen LogP contribution >= 0.6 is 0 Å². The van der Waals surface area contributed by atoms with Crippen molar-refractivity contribution in [2.45, 2.75) is 64.5 Å². The second kappa shape index (κ2) is 12.4. The number of hydrogen-bond donors (Lipinski definition) is 2. The van der Waals surface area contributed by atoms with Crippen molar-refractivity contribution in [3.63, 3.8) is 0 Å². The first kappa shape index (κ1) is 26.2. The first-order valence-electron chi connectivity index (χ1n) is 15.2. The summed E-state index contributed by atoms with van der Waals surface area (Å²) in [7, 11) is 0. The van der Waals surface area contributed by atoms with Crippen molar-refractivity contribution in [1.82, 2.24) is 0 Å². The number of fused-ring (bicyclic) bond motifs is 4. The van der Waals surface area contributed by atoms with Gasteiger partial charge in [-0.1, -0.05) is 143 Å². The molecule has 6 rings (SSSR count). The summed E-state index contributed by atoms with van der Waals surface area (Å²) >= 11 is 0. The van der Waals surface area contributed by atoms with E-state index in [-0.39, 0.29) is 6.17 Å². The van der Waals surface area contributed by atoms with Crippen molar-refractivity contribution in [3.8, 4) is 0 Å². The maximum atomic E-state index is 4.04. The lowest BCUT2D eigenvalue weighted by molar-refractivity contribution is 0.561. The molecule has 2 heteroatoms. The first-order chi connectivity index (χ1) is 19.8. The number of rotatable bonds is 12. The van der Waals surface area contributed by atoms with E-state index in [4.69, 9.17) is 0 Å². The zero-order valence-corrected chi connectivity index (χ0v) is 23.6. The zero-order valence-electron chi connectivity index (χ0n) is 23.6. The standard InChI is InChI=1S/C38H40N2/c1-2-3-4-5-6-7-8-25-36(39-37-32-21-13-9-17-28(32)26-29-18-10-14-22-33(29)37)40-38-34-23-15-11-19-30(34)27-31-20-12-16-24-35(31)38/h9-24,26-27,36,39-40H,2-8,25H2,1H3. The summed E-state index contributed by atoms with van der Waals surface area (Å²) < 4.78 is 0. The van der Waals surface area contributed by atoms with Gasteiger partial charge in [0.1, 0.15) is 0 Å². The Morgan fingerprint density at radius 3 is 1.20 bits per heavy atom. The Balaban J connectivity index is 1.38. The Morgan fingerprint density at radius 2 is 0.800 bits per heavy atom. The van der Waals surface area contributed by atoms with Crippen LogP contribution in [0.1, 0.15) is 58.3 Å². The maximum absolute atomic E-state index is 4.04. The monoisotopic (exact) mass is 524 g/mol. The number of hydrogen-bond acceptors (Lipinski definition) is 2. The summed E-state index contributed by atoms with van der Waals surface area (Å²) in [4.78, 5) is 0. The van der Waals surface area contributed by atoms with Gasteiger partial charge in [-0.2, -0.15) is 0 Å². The lowest BCUT2D eigenvalue weighted by Gasteiger charge is -2.26. The molecule has 0 heterocycles. The van der Waals surface area contributed by atoms with E-state index in [9.17, 15) is 0 Å². The average molecular weight is 525 g/mol. The Kier molecular flexibility index (Phi) is 8.14. The van der Waals surface area contributed by atoms with Gasteiger partial charge in [0.2, 0.25) is 0 Å². The smallest absolute Gasteiger partial charge is 0.0964 e. The molecule has 0 radical (unpaired) electrons. The molecule has 0 amide bonds. The van der Waals surface area contributed by atoms with Crippen LogP contribution in [0.4, 0.5) is 11.4 Å². The van der Waals surface area contributed by atoms with E-state index >= 15 is 0 Å². The molecular formula is C38H40N2. The minimum atomic E-state index is 0.0964. The molecule has 0 bridgehead atoms. The van der Waals surface area contributed by atoms with Crippen LogP contribution < -0.4 is 10.6 Å². The number of benzene rings is 6. The zero-order chi connectivity index (χ0) is 27.1. The molecule has 0 saturated carbocycles. The largest absolute Gasteiger partial charge is 0.364 e. The predicted molar refractivity (Wildman–Crippen MR) is 177 cm³/mol. The van der Waals surface area contributed by atoms with Crippen molar-refractivity contribution < 1.29 is 0 Å². The Bertz CT molecular complexity index is 1510. The van der Waals surface area contributed by atoms with Crippen molar-refractivity contribution in [2.24, 2.45) is 0 Å². The van der Waals surface area contributed by atoms with Gasteiger partial charge in [0.15, 0.2) is 0 Å². The first-order valence-corrected chi connectivity index (χ1v) is 15.2.